The SMILES string of the molecule is N#CN(C(=N)NC(CCCCN)C(=O)O)C(=S)C=CC1C=CC=CC1. The van der Waals surface area contributed by atoms with Crippen LogP contribution in [0.15, 0.2) is 36.5 Å². The number of nitrogens with one attached hydrogen (secondary N) is 2. The number of aliphatic carboxylic acids is 1. The maximum absolute atomic E-state index is 11.3. The maximum Gasteiger partial charge on any atom is 0.326 e. The minimum Gasteiger partial charge on any atom is -0.480 e. The molecule has 7 nitrogen and oxygen atoms in total. The molecule has 0 bridgehead atoms. The van der Waals surface area contributed by atoms with Gasteiger partial charge in [0.05, 0.1) is 0 Å². The first-order chi connectivity index (χ1) is 12.0. The first kappa shape index (κ1) is 20.5. The van der Waals surface area contributed by atoms with E-state index in [0.717, 1.165) is 11.3 Å². The topological polar surface area (TPSA) is 126 Å². The van der Waals surface area contributed by atoms with E-state index in [-0.39, 0.29) is 16.9 Å². The highest BCUT2D eigenvalue weighted by atomic mass is 32.1. The monoisotopic (exact) mass is 361 g/mol. The third-order valence-electron chi connectivity index (χ3n) is 3.60. The van der Waals surface area contributed by atoms with Crippen molar-refractivity contribution in [2.24, 2.45) is 11.7 Å². The van der Waals surface area contributed by atoms with Crippen molar-refractivity contribution in [3.63, 3.8) is 0 Å². The highest BCUT2D eigenvalue weighted by Gasteiger charge is 2.22. The van der Waals surface area contributed by atoms with Gasteiger partial charge in [0.25, 0.3) is 0 Å². The summed E-state index contributed by atoms with van der Waals surface area (Å²) in [6.07, 6.45) is 15.7. The van der Waals surface area contributed by atoms with Gasteiger partial charge in [-0.3, -0.25) is 5.41 Å². The van der Waals surface area contributed by atoms with Crippen LogP contribution in [-0.2, 0) is 4.79 Å². The van der Waals surface area contributed by atoms with E-state index in [9.17, 15) is 15.2 Å². The number of unbranched alkanes of at least 4 members (excludes halogenated alkanes) is 1. The van der Waals surface area contributed by atoms with E-state index in [1.165, 1.54) is 0 Å². The standard InChI is InChI=1S/C17H23N5O2S/c18-11-5-4-8-14(16(23)24)21-17(20)22(12-19)15(25)10-9-13-6-2-1-3-7-13/h1-3,6,9-10,13-14H,4-5,7-8,11,18H2,(H2,20,21)(H,23,24). The second-order valence-corrected chi connectivity index (χ2v) is 5.93. The molecule has 0 aliphatic heterocycles. The Kier molecular flexibility index (Phi) is 9.14. The lowest BCUT2D eigenvalue weighted by Gasteiger charge is -2.21. The van der Waals surface area contributed by atoms with Gasteiger partial charge in [-0.25, -0.2) is 9.69 Å². The Morgan fingerprint density at radius 3 is 2.88 bits per heavy atom. The van der Waals surface area contributed by atoms with Gasteiger partial charge in [0, 0.05) is 0 Å². The molecule has 0 saturated heterocycles. The van der Waals surface area contributed by atoms with Crippen molar-refractivity contribution in [3.8, 4) is 6.19 Å². The lowest BCUT2D eigenvalue weighted by atomic mass is 10.0. The Labute approximate surface area is 153 Å². The van der Waals surface area contributed by atoms with Gasteiger partial charge >= 0.3 is 5.97 Å². The van der Waals surface area contributed by atoms with Crippen LogP contribution in [0.1, 0.15) is 25.7 Å². The number of thiocarbonyl (C=S) groups is 1. The first-order valence-electron chi connectivity index (χ1n) is 8.03. The first-order valence-corrected chi connectivity index (χ1v) is 8.43. The van der Waals surface area contributed by atoms with Crippen molar-refractivity contribution < 1.29 is 9.90 Å². The van der Waals surface area contributed by atoms with Crippen LogP contribution in [0.25, 0.3) is 0 Å². The largest absolute Gasteiger partial charge is 0.480 e. The summed E-state index contributed by atoms with van der Waals surface area (Å²) in [6.45, 7) is 0.480. The summed E-state index contributed by atoms with van der Waals surface area (Å²) in [5.41, 5.74) is 5.40. The summed E-state index contributed by atoms with van der Waals surface area (Å²) in [5, 5.41) is 29.0. The van der Waals surface area contributed by atoms with Gasteiger partial charge in [-0.15, -0.1) is 0 Å². The van der Waals surface area contributed by atoms with Crippen LogP contribution in [0.2, 0.25) is 0 Å². The molecule has 134 valence electrons. The van der Waals surface area contributed by atoms with Crippen LogP contribution in [-0.4, -0.2) is 39.5 Å². The fourth-order valence-electron chi connectivity index (χ4n) is 2.21. The molecule has 0 heterocycles. The van der Waals surface area contributed by atoms with Crippen molar-refractivity contribution in [1.82, 2.24) is 10.2 Å². The Hall–Kier alpha value is -2.50. The molecule has 0 aromatic carbocycles. The molecule has 25 heavy (non-hydrogen) atoms. The predicted octanol–water partition coefficient (Wildman–Crippen LogP) is 1.89. The number of nitrogens with zero attached hydrogens (tertiary/aromatic N) is 2. The minimum absolute atomic E-state index is 0.133. The maximum atomic E-state index is 11.3. The Morgan fingerprint density at radius 2 is 2.32 bits per heavy atom. The van der Waals surface area contributed by atoms with E-state index in [1.807, 2.05) is 36.6 Å². The van der Waals surface area contributed by atoms with Crippen molar-refractivity contribution in [2.75, 3.05) is 6.54 Å². The number of carbonyl (C=O) groups is 1. The van der Waals surface area contributed by atoms with Crippen LogP contribution in [0.4, 0.5) is 0 Å². The molecule has 1 aliphatic rings. The number of allylic oxidation sites excluding steroid dienone is 5. The van der Waals surface area contributed by atoms with Crippen molar-refractivity contribution in [1.29, 1.82) is 10.7 Å². The zero-order chi connectivity index (χ0) is 18.7. The Morgan fingerprint density at radius 1 is 1.56 bits per heavy atom. The quantitative estimate of drug-likeness (QED) is 0.0989. The number of guanidine groups is 1. The number of carboxylic acids is 1. The van der Waals surface area contributed by atoms with E-state index in [0.29, 0.717) is 25.8 Å². The van der Waals surface area contributed by atoms with E-state index < -0.39 is 12.0 Å². The summed E-state index contributed by atoms with van der Waals surface area (Å²) in [7, 11) is 0. The smallest absolute Gasteiger partial charge is 0.326 e. The number of hydrogen-bond acceptors (Lipinski definition) is 5. The summed E-state index contributed by atoms with van der Waals surface area (Å²) in [6, 6.07) is -0.965. The van der Waals surface area contributed by atoms with Gasteiger partial charge in [0.1, 0.15) is 11.0 Å². The van der Waals surface area contributed by atoms with Crippen molar-refractivity contribution in [3.05, 3.63) is 36.5 Å². The van der Waals surface area contributed by atoms with E-state index in [2.05, 4.69) is 5.32 Å². The number of carboxylic acid groups (broad SMARTS) is 1. The molecule has 0 spiro atoms. The highest BCUT2D eigenvalue weighted by Crippen LogP contribution is 2.13. The van der Waals surface area contributed by atoms with Gasteiger partial charge in [-0.1, -0.05) is 42.6 Å². The molecule has 5 N–H and O–H groups in total. The summed E-state index contributed by atoms with van der Waals surface area (Å²) in [4.78, 5) is 12.3. The van der Waals surface area contributed by atoms with E-state index >= 15 is 0 Å². The molecule has 0 aromatic heterocycles. The molecule has 1 rings (SSSR count). The van der Waals surface area contributed by atoms with Gasteiger partial charge in [-0.2, -0.15) is 5.26 Å². The Balaban J connectivity index is 2.65. The zero-order valence-corrected chi connectivity index (χ0v) is 14.7. The van der Waals surface area contributed by atoms with E-state index in [1.54, 1.807) is 6.08 Å². The molecule has 0 radical (unpaired) electrons. The van der Waals surface area contributed by atoms with Crippen LogP contribution in [0, 0.1) is 22.8 Å². The molecule has 0 saturated carbocycles. The molecular formula is C17H23N5O2S. The lowest BCUT2D eigenvalue weighted by Crippen LogP contribution is -2.48. The molecule has 2 unspecified atom stereocenters. The number of hydrogen-bond donors (Lipinski definition) is 4. The van der Waals surface area contributed by atoms with Gasteiger partial charge < -0.3 is 16.2 Å². The normalized spacial score (nSPS) is 17.0. The second-order valence-electron chi connectivity index (χ2n) is 5.51. The zero-order valence-electron chi connectivity index (χ0n) is 13.9. The minimum atomic E-state index is -1.08. The van der Waals surface area contributed by atoms with Gasteiger partial charge in [0.2, 0.25) is 5.96 Å². The fraction of sp³-hybridized carbons (Fsp3) is 0.412. The third kappa shape index (κ3) is 7.28. The molecule has 2 atom stereocenters. The van der Waals surface area contributed by atoms with E-state index in [4.69, 9.17) is 23.4 Å². The molecule has 8 heteroatoms. The average Bonchev–Trinajstić information content (AvgIpc) is 2.60. The van der Waals surface area contributed by atoms with Crippen molar-refractivity contribution >= 4 is 29.1 Å². The molecule has 0 amide bonds. The van der Waals surface area contributed by atoms with Gasteiger partial charge in [-0.05, 0) is 44.2 Å². The number of nitriles is 1. The highest BCUT2D eigenvalue weighted by molar-refractivity contribution is 7.80. The Bertz CT molecular complexity index is 621. The lowest BCUT2D eigenvalue weighted by molar-refractivity contribution is -0.139. The van der Waals surface area contributed by atoms with Gasteiger partial charge in [0.15, 0.2) is 6.19 Å². The summed E-state index contributed by atoms with van der Waals surface area (Å²) < 4.78 is 0. The van der Waals surface area contributed by atoms with Crippen LogP contribution < -0.4 is 11.1 Å². The second kappa shape index (κ2) is 11.1. The molecular weight excluding hydrogens is 338 g/mol. The van der Waals surface area contributed by atoms with Crippen LogP contribution >= 0.6 is 12.2 Å². The molecule has 0 aromatic rings. The van der Waals surface area contributed by atoms with Crippen LogP contribution in [0.5, 0.6) is 0 Å². The third-order valence-corrected chi connectivity index (χ3v) is 3.92. The van der Waals surface area contributed by atoms with Crippen molar-refractivity contribution in [2.45, 2.75) is 31.7 Å². The average molecular weight is 361 g/mol. The number of nitrogens with two attached hydrogens (primary N) is 1. The molecule has 1 aliphatic carbocycles. The molecule has 0 fully saturated rings. The van der Waals surface area contributed by atoms with Crippen LogP contribution in [0.3, 0.4) is 0 Å². The fourth-order valence-corrected chi connectivity index (χ4v) is 2.42. The summed E-state index contributed by atoms with van der Waals surface area (Å²) >= 11 is 5.17. The number of rotatable bonds is 8. The predicted molar refractivity (Wildman–Crippen MR) is 101 cm³/mol. The summed E-state index contributed by atoms with van der Waals surface area (Å²) in [5.74, 6) is -1.25.